The van der Waals surface area contributed by atoms with Crippen LogP contribution in [0, 0.1) is 6.92 Å². The number of rotatable bonds is 1. The molecule has 0 spiro atoms. The minimum Gasteiger partial charge on any atom is -0.428 e. The number of fused-ring (bicyclic) bond motifs is 3. The molecule has 3 aromatic rings. The van der Waals surface area contributed by atoms with Gasteiger partial charge in [0.1, 0.15) is 5.75 Å². The van der Waals surface area contributed by atoms with Crippen LogP contribution in [0.3, 0.4) is 0 Å². The van der Waals surface area contributed by atoms with Crippen molar-refractivity contribution in [3.8, 4) is 5.75 Å². The molecule has 1 N–H and O–H groups in total. The van der Waals surface area contributed by atoms with Crippen molar-refractivity contribution in [3.05, 3.63) is 36.2 Å². The predicted octanol–water partition coefficient (Wildman–Crippen LogP) is 3.75. The van der Waals surface area contributed by atoms with Crippen molar-refractivity contribution in [2.24, 2.45) is 0 Å². The lowest BCUT2D eigenvalue weighted by Gasteiger charge is -1.95. The fraction of sp³-hybridized carbons (Fsp3) is 0.0833. The molecule has 0 saturated heterocycles. The maximum atomic E-state index is 5.18. The molecule has 0 saturated carbocycles. The number of benzene rings is 1. The van der Waals surface area contributed by atoms with Crippen LogP contribution in [0.5, 0.6) is 5.75 Å². The third-order valence-corrected chi connectivity index (χ3v) is 3.28. The summed E-state index contributed by atoms with van der Waals surface area (Å²) >= 11 is 1.88. The Labute approximate surface area is 107 Å². The van der Waals surface area contributed by atoms with Crippen LogP contribution in [0.4, 0.5) is 0 Å². The molecule has 0 atom stereocenters. The van der Waals surface area contributed by atoms with Crippen molar-refractivity contribution < 1.29 is 3.07 Å². The van der Waals surface area contributed by atoms with Crippen molar-refractivity contribution in [2.75, 3.05) is 0 Å². The van der Waals surface area contributed by atoms with Crippen LogP contribution in [-0.4, -0.2) is 9.97 Å². The van der Waals surface area contributed by atoms with Crippen molar-refractivity contribution in [1.29, 1.82) is 0 Å². The third kappa shape index (κ3) is 1.36. The fourth-order valence-electron chi connectivity index (χ4n) is 1.99. The second-order valence-electron chi connectivity index (χ2n) is 3.73. The zero-order valence-corrected chi connectivity index (χ0v) is 10.8. The van der Waals surface area contributed by atoms with Crippen LogP contribution >= 0.6 is 23.0 Å². The number of nitrogens with zero attached hydrogens (tertiary/aromatic N) is 1. The Bertz CT molecular complexity index is 675. The van der Waals surface area contributed by atoms with E-state index >= 15 is 0 Å². The molecule has 2 heterocycles. The molecule has 0 aliphatic carbocycles. The van der Waals surface area contributed by atoms with E-state index < -0.39 is 0 Å². The molecule has 0 aliphatic rings. The highest BCUT2D eigenvalue weighted by Gasteiger charge is 2.07. The van der Waals surface area contributed by atoms with E-state index in [2.05, 4.69) is 16.0 Å². The first kappa shape index (κ1) is 9.89. The highest BCUT2D eigenvalue weighted by atomic mass is 127. The first-order valence-corrected chi connectivity index (χ1v) is 5.83. The summed E-state index contributed by atoms with van der Waals surface area (Å²) in [7, 11) is 0. The van der Waals surface area contributed by atoms with E-state index in [1.165, 1.54) is 10.8 Å². The zero-order valence-electron chi connectivity index (χ0n) is 8.62. The molecule has 0 amide bonds. The topological polar surface area (TPSA) is 37.9 Å². The van der Waals surface area contributed by atoms with Crippen LogP contribution in [0.2, 0.25) is 0 Å². The predicted molar refractivity (Wildman–Crippen MR) is 73.0 cm³/mol. The van der Waals surface area contributed by atoms with Crippen LogP contribution in [-0.2, 0) is 0 Å². The van der Waals surface area contributed by atoms with E-state index in [0.717, 1.165) is 22.5 Å². The molecular formula is C12H9IN2O. The summed E-state index contributed by atoms with van der Waals surface area (Å²) < 4.78 is 5.18. The second kappa shape index (κ2) is 3.62. The van der Waals surface area contributed by atoms with E-state index in [1.54, 1.807) is 0 Å². The number of hydrogen-bond acceptors (Lipinski definition) is 2. The first-order valence-electron chi connectivity index (χ1n) is 4.95. The zero-order chi connectivity index (χ0) is 11.1. The lowest BCUT2D eigenvalue weighted by Crippen LogP contribution is -1.79. The van der Waals surface area contributed by atoms with Gasteiger partial charge in [0.05, 0.1) is 16.7 Å². The Kier molecular flexibility index (Phi) is 2.24. The molecule has 4 heteroatoms. The van der Waals surface area contributed by atoms with Crippen LogP contribution in [0.25, 0.3) is 21.8 Å². The normalized spacial score (nSPS) is 11.1. The first-order chi connectivity index (χ1) is 7.79. The van der Waals surface area contributed by atoms with Gasteiger partial charge in [-0.1, -0.05) is 0 Å². The Hall–Kier alpha value is -1.30. The summed E-state index contributed by atoms with van der Waals surface area (Å²) in [6, 6.07) is 8.08. The summed E-state index contributed by atoms with van der Waals surface area (Å²) in [4.78, 5) is 7.66. The molecule has 0 aliphatic heterocycles. The average Bonchev–Trinajstić information content (AvgIpc) is 2.68. The summed E-state index contributed by atoms with van der Waals surface area (Å²) in [6.07, 6.45) is 1.84. The Morgan fingerprint density at radius 2 is 2.12 bits per heavy atom. The number of nitrogens with one attached hydrogen (secondary N) is 1. The molecule has 0 bridgehead atoms. The van der Waals surface area contributed by atoms with Crippen molar-refractivity contribution in [1.82, 2.24) is 9.97 Å². The van der Waals surface area contributed by atoms with Crippen molar-refractivity contribution in [2.45, 2.75) is 6.92 Å². The molecule has 0 fully saturated rings. The van der Waals surface area contributed by atoms with E-state index in [1.807, 2.05) is 54.3 Å². The van der Waals surface area contributed by atoms with E-state index in [9.17, 15) is 0 Å². The van der Waals surface area contributed by atoms with Gasteiger partial charge in [0.2, 0.25) is 0 Å². The summed E-state index contributed by atoms with van der Waals surface area (Å²) in [5.41, 5.74) is 3.20. The molecule has 0 radical (unpaired) electrons. The van der Waals surface area contributed by atoms with E-state index in [-0.39, 0.29) is 0 Å². The van der Waals surface area contributed by atoms with Gasteiger partial charge >= 0.3 is 0 Å². The Balaban J connectivity index is 2.45. The molecule has 2 aromatic heterocycles. The average molecular weight is 324 g/mol. The summed E-state index contributed by atoms with van der Waals surface area (Å²) in [5.74, 6) is 0.852. The quantitative estimate of drug-likeness (QED) is 0.692. The van der Waals surface area contributed by atoms with Gasteiger partial charge in [0.25, 0.3) is 0 Å². The minimum absolute atomic E-state index is 0.852. The number of aryl methyl sites for hydroxylation is 1. The van der Waals surface area contributed by atoms with Crippen LogP contribution < -0.4 is 3.07 Å². The second-order valence-corrected chi connectivity index (χ2v) is 4.17. The molecular weight excluding hydrogens is 315 g/mol. The van der Waals surface area contributed by atoms with Gasteiger partial charge in [0, 0.05) is 23.0 Å². The monoisotopic (exact) mass is 324 g/mol. The molecule has 3 nitrogen and oxygen atoms in total. The molecule has 3 rings (SSSR count). The van der Waals surface area contributed by atoms with Gasteiger partial charge in [0.15, 0.2) is 23.0 Å². The van der Waals surface area contributed by atoms with Crippen LogP contribution in [0.15, 0.2) is 30.5 Å². The van der Waals surface area contributed by atoms with E-state index in [4.69, 9.17) is 3.07 Å². The SMILES string of the molecule is Cc1nccc2c1[nH]c1cc(OI)ccc12. The third-order valence-electron chi connectivity index (χ3n) is 2.77. The van der Waals surface area contributed by atoms with Gasteiger partial charge in [-0.15, -0.1) is 0 Å². The highest BCUT2D eigenvalue weighted by Crippen LogP contribution is 2.29. The minimum atomic E-state index is 0.852. The Morgan fingerprint density at radius 3 is 2.94 bits per heavy atom. The van der Waals surface area contributed by atoms with Gasteiger partial charge in [-0.05, 0) is 25.1 Å². The van der Waals surface area contributed by atoms with Gasteiger partial charge in [-0.2, -0.15) is 0 Å². The highest BCUT2D eigenvalue weighted by molar-refractivity contribution is 14.1. The smallest absolute Gasteiger partial charge is 0.192 e. The standard InChI is InChI=1S/C12H9IN2O/c1-7-12-10(4-5-14-7)9-3-2-8(16-13)6-11(9)15-12/h2-6,15H,1H3. The molecule has 16 heavy (non-hydrogen) atoms. The number of halogens is 1. The molecule has 0 unspecified atom stereocenters. The maximum Gasteiger partial charge on any atom is 0.192 e. The summed E-state index contributed by atoms with van der Waals surface area (Å²) in [6.45, 7) is 2.01. The van der Waals surface area contributed by atoms with Gasteiger partial charge in [-0.3, -0.25) is 4.98 Å². The maximum absolute atomic E-state index is 5.18. The number of hydrogen-bond donors (Lipinski definition) is 1. The van der Waals surface area contributed by atoms with Crippen molar-refractivity contribution >= 4 is 44.8 Å². The number of aromatic amines is 1. The fourth-order valence-corrected chi connectivity index (χ4v) is 2.27. The van der Waals surface area contributed by atoms with Gasteiger partial charge < -0.3 is 8.05 Å². The Morgan fingerprint density at radius 1 is 1.25 bits per heavy atom. The number of pyridine rings is 1. The largest absolute Gasteiger partial charge is 0.428 e. The van der Waals surface area contributed by atoms with Crippen molar-refractivity contribution in [3.63, 3.8) is 0 Å². The van der Waals surface area contributed by atoms with Crippen LogP contribution in [0.1, 0.15) is 5.69 Å². The van der Waals surface area contributed by atoms with Gasteiger partial charge in [-0.25, -0.2) is 0 Å². The molecule has 1 aromatic carbocycles. The number of H-pyrrole nitrogens is 1. The molecule has 80 valence electrons. The lowest BCUT2D eigenvalue weighted by molar-refractivity contribution is 0.718. The summed E-state index contributed by atoms with van der Waals surface area (Å²) in [5, 5.41) is 2.42. The van der Waals surface area contributed by atoms with E-state index in [0.29, 0.717) is 0 Å². The number of aromatic nitrogens is 2. The lowest BCUT2D eigenvalue weighted by atomic mass is 10.1.